The van der Waals surface area contributed by atoms with Crippen molar-refractivity contribution < 1.29 is 19.4 Å². The first-order valence-electron chi connectivity index (χ1n) is 4.35. The molecule has 4 nitrogen and oxygen atoms in total. The summed E-state index contributed by atoms with van der Waals surface area (Å²) in [6.45, 7) is 0.934. The number of aliphatic hydroxyl groups is 1. The zero-order valence-electron chi connectivity index (χ0n) is 7.47. The third kappa shape index (κ3) is 1.44. The Hall–Kier alpha value is -1.55. The third-order valence-electron chi connectivity index (χ3n) is 2.04. The minimum Gasteiger partial charge on any atom is -0.486 e. The molecule has 0 radical (unpaired) electrons. The molecule has 0 aromatic heterocycles. The van der Waals surface area contributed by atoms with Gasteiger partial charge in [0.05, 0.1) is 0 Å². The molecule has 4 heteroatoms. The fraction of sp³-hybridized carbons (Fsp3) is 0.300. The molecule has 2 rings (SSSR count). The first-order chi connectivity index (χ1) is 6.83. The zero-order valence-corrected chi connectivity index (χ0v) is 7.47. The fourth-order valence-electron chi connectivity index (χ4n) is 1.40. The van der Waals surface area contributed by atoms with Crippen molar-refractivity contribution in [3.63, 3.8) is 0 Å². The topological polar surface area (TPSA) is 55.8 Å². The van der Waals surface area contributed by atoms with Crippen LogP contribution in [-0.4, -0.2) is 24.6 Å². The molecule has 0 bridgehead atoms. The summed E-state index contributed by atoms with van der Waals surface area (Å²) in [4.78, 5) is 10.4. The smallest absolute Gasteiger partial charge is 0.167 e. The second-order valence-corrected chi connectivity index (χ2v) is 2.95. The Bertz CT molecular complexity index is 348. The van der Waals surface area contributed by atoms with Crippen molar-refractivity contribution in [1.82, 2.24) is 0 Å². The van der Waals surface area contributed by atoms with Crippen molar-refractivity contribution >= 4 is 6.29 Å². The molecule has 1 aliphatic heterocycles. The van der Waals surface area contributed by atoms with Crippen molar-refractivity contribution in [2.75, 3.05) is 13.2 Å². The van der Waals surface area contributed by atoms with Crippen molar-refractivity contribution in [1.29, 1.82) is 0 Å². The highest BCUT2D eigenvalue weighted by atomic mass is 16.6. The number of para-hydroxylation sites is 1. The van der Waals surface area contributed by atoms with Gasteiger partial charge in [0.25, 0.3) is 0 Å². The van der Waals surface area contributed by atoms with Crippen molar-refractivity contribution in [3.8, 4) is 11.5 Å². The summed E-state index contributed by atoms with van der Waals surface area (Å²) in [5.74, 6) is 1.05. The molecule has 1 atom stereocenters. The van der Waals surface area contributed by atoms with Crippen LogP contribution in [0.25, 0.3) is 0 Å². The highest BCUT2D eigenvalue weighted by Gasteiger charge is 2.19. The monoisotopic (exact) mass is 194 g/mol. The van der Waals surface area contributed by atoms with Gasteiger partial charge in [-0.15, -0.1) is 0 Å². The summed E-state index contributed by atoms with van der Waals surface area (Å²) in [5, 5.41) is 9.38. The average molecular weight is 194 g/mol. The Morgan fingerprint density at radius 2 is 2.14 bits per heavy atom. The number of carbonyl (C=O) groups is 1. The van der Waals surface area contributed by atoms with E-state index in [0.29, 0.717) is 36.6 Å². The minimum absolute atomic E-state index is 0.440. The first kappa shape index (κ1) is 9.02. The Balaban J connectivity index is 2.44. The van der Waals surface area contributed by atoms with Gasteiger partial charge >= 0.3 is 0 Å². The van der Waals surface area contributed by atoms with Crippen molar-refractivity contribution in [2.24, 2.45) is 0 Å². The van der Waals surface area contributed by atoms with E-state index in [1.54, 1.807) is 18.2 Å². The van der Waals surface area contributed by atoms with E-state index in [4.69, 9.17) is 9.47 Å². The maximum atomic E-state index is 10.4. The Morgan fingerprint density at radius 1 is 1.36 bits per heavy atom. The average Bonchev–Trinajstić information content (AvgIpc) is 2.27. The standard InChI is InChI=1S/C10H10O4/c11-6-8(12)7-2-1-3-9-10(7)14-5-4-13-9/h1-3,6,8,12H,4-5H2. The summed E-state index contributed by atoms with van der Waals surface area (Å²) in [6, 6.07) is 5.11. The Labute approximate surface area is 81.1 Å². The van der Waals surface area contributed by atoms with Gasteiger partial charge in [-0.3, -0.25) is 0 Å². The number of aldehydes is 1. The summed E-state index contributed by atoms with van der Waals surface area (Å²) in [6.07, 6.45) is -0.681. The lowest BCUT2D eigenvalue weighted by molar-refractivity contribution is -0.115. The number of hydrogen-bond donors (Lipinski definition) is 1. The predicted molar refractivity (Wildman–Crippen MR) is 48.5 cm³/mol. The third-order valence-corrected chi connectivity index (χ3v) is 2.04. The second kappa shape index (κ2) is 3.67. The zero-order chi connectivity index (χ0) is 9.97. The predicted octanol–water partition coefficient (Wildman–Crippen LogP) is 0.690. The summed E-state index contributed by atoms with van der Waals surface area (Å²) in [5.41, 5.74) is 0.456. The van der Waals surface area contributed by atoms with Gasteiger partial charge in [0.15, 0.2) is 17.8 Å². The molecular weight excluding hydrogens is 184 g/mol. The van der Waals surface area contributed by atoms with E-state index in [0.717, 1.165) is 0 Å². The Kier molecular flexibility index (Phi) is 2.37. The van der Waals surface area contributed by atoms with E-state index >= 15 is 0 Å². The second-order valence-electron chi connectivity index (χ2n) is 2.95. The number of rotatable bonds is 2. The maximum absolute atomic E-state index is 10.4. The molecule has 0 amide bonds. The molecular formula is C10H10O4. The number of ether oxygens (including phenoxy) is 2. The van der Waals surface area contributed by atoms with Gasteiger partial charge in [-0.25, -0.2) is 0 Å². The van der Waals surface area contributed by atoms with Gasteiger partial charge in [0, 0.05) is 5.56 Å². The summed E-state index contributed by atoms with van der Waals surface area (Å²) < 4.78 is 10.6. The van der Waals surface area contributed by atoms with Gasteiger partial charge in [-0.2, -0.15) is 0 Å². The van der Waals surface area contributed by atoms with Gasteiger partial charge in [-0.1, -0.05) is 12.1 Å². The highest BCUT2D eigenvalue weighted by Crippen LogP contribution is 2.36. The van der Waals surface area contributed by atoms with Crippen LogP contribution in [0.1, 0.15) is 11.7 Å². The lowest BCUT2D eigenvalue weighted by Gasteiger charge is -2.21. The molecule has 1 aromatic carbocycles. The maximum Gasteiger partial charge on any atom is 0.167 e. The molecule has 1 heterocycles. The summed E-state index contributed by atoms with van der Waals surface area (Å²) >= 11 is 0. The van der Waals surface area contributed by atoms with Gasteiger partial charge in [0.2, 0.25) is 0 Å². The van der Waals surface area contributed by atoms with Crippen LogP contribution in [0, 0.1) is 0 Å². The van der Waals surface area contributed by atoms with Gasteiger partial charge in [-0.05, 0) is 6.07 Å². The summed E-state index contributed by atoms with van der Waals surface area (Å²) in [7, 11) is 0. The van der Waals surface area contributed by atoms with Gasteiger partial charge < -0.3 is 19.4 Å². The van der Waals surface area contributed by atoms with E-state index in [1.165, 1.54) is 0 Å². The number of benzene rings is 1. The number of fused-ring (bicyclic) bond motifs is 1. The quantitative estimate of drug-likeness (QED) is 0.704. The van der Waals surface area contributed by atoms with Crippen LogP contribution in [0.3, 0.4) is 0 Å². The lowest BCUT2D eigenvalue weighted by Crippen LogP contribution is -2.17. The minimum atomic E-state index is -1.15. The van der Waals surface area contributed by atoms with Crippen LogP contribution in [0.2, 0.25) is 0 Å². The molecule has 0 fully saturated rings. The first-order valence-corrected chi connectivity index (χ1v) is 4.35. The van der Waals surface area contributed by atoms with Crippen LogP contribution in [0.15, 0.2) is 18.2 Å². The molecule has 0 saturated carbocycles. The van der Waals surface area contributed by atoms with E-state index in [-0.39, 0.29) is 0 Å². The van der Waals surface area contributed by atoms with Crippen LogP contribution in [0.4, 0.5) is 0 Å². The van der Waals surface area contributed by atoms with E-state index in [9.17, 15) is 9.90 Å². The van der Waals surface area contributed by atoms with Crippen LogP contribution in [-0.2, 0) is 4.79 Å². The molecule has 0 saturated heterocycles. The lowest BCUT2D eigenvalue weighted by atomic mass is 10.1. The number of aliphatic hydroxyl groups excluding tert-OH is 1. The molecule has 1 aromatic rings. The van der Waals surface area contributed by atoms with Crippen LogP contribution >= 0.6 is 0 Å². The van der Waals surface area contributed by atoms with Crippen molar-refractivity contribution in [3.05, 3.63) is 23.8 Å². The highest BCUT2D eigenvalue weighted by molar-refractivity contribution is 5.64. The van der Waals surface area contributed by atoms with Gasteiger partial charge in [0.1, 0.15) is 19.3 Å². The molecule has 1 aliphatic rings. The molecule has 0 aliphatic carbocycles. The molecule has 1 N–H and O–H groups in total. The fourth-order valence-corrected chi connectivity index (χ4v) is 1.40. The number of carbonyl (C=O) groups excluding carboxylic acids is 1. The molecule has 0 spiro atoms. The van der Waals surface area contributed by atoms with Crippen LogP contribution < -0.4 is 9.47 Å². The largest absolute Gasteiger partial charge is 0.486 e. The molecule has 74 valence electrons. The van der Waals surface area contributed by atoms with E-state index in [2.05, 4.69) is 0 Å². The normalized spacial score (nSPS) is 16.1. The van der Waals surface area contributed by atoms with Crippen molar-refractivity contribution in [2.45, 2.75) is 6.10 Å². The Morgan fingerprint density at radius 3 is 2.93 bits per heavy atom. The molecule has 14 heavy (non-hydrogen) atoms. The number of hydrogen-bond acceptors (Lipinski definition) is 4. The SMILES string of the molecule is O=CC(O)c1cccc2c1OCCO2. The van der Waals surface area contributed by atoms with Crippen LogP contribution in [0.5, 0.6) is 11.5 Å². The molecule has 1 unspecified atom stereocenters. The van der Waals surface area contributed by atoms with E-state index < -0.39 is 6.10 Å². The van der Waals surface area contributed by atoms with E-state index in [1.807, 2.05) is 0 Å².